The molecule has 1 aliphatic carbocycles. The predicted molar refractivity (Wildman–Crippen MR) is 86.1 cm³/mol. The summed E-state index contributed by atoms with van der Waals surface area (Å²) in [5, 5.41) is 0. The van der Waals surface area contributed by atoms with E-state index in [9.17, 15) is 8.60 Å². The SMILES string of the molecule is CC1C/C(=C\c2ccc(S(C)=O)cc2)c2ccc(F)cc21. The lowest BCUT2D eigenvalue weighted by atomic mass is 10.0. The van der Waals surface area contributed by atoms with Crippen molar-refractivity contribution in [2.75, 3.05) is 6.26 Å². The molecule has 0 aromatic heterocycles. The van der Waals surface area contributed by atoms with Crippen LogP contribution in [-0.2, 0) is 10.8 Å². The van der Waals surface area contributed by atoms with Gasteiger partial charge in [0.2, 0.25) is 0 Å². The second-order valence-electron chi connectivity index (χ2n) is 5.53. The number of halogens is 1. The molecule has 108 valence electrons. The molecule has 3 heteroatoms. The van der Waals surface area contributed by atoms with Crippen LogP contribution in [-0.4, -0.2) is 10.5 Å². The van der Waals surface area contributed by atoms with Crippen LogP contribution in [0.4, 0.5) is 4.39 Å². The first-order valence-electron chi connectivity index (χ1n) is 6.98. The molecule has 21 heavy (non-hydrogen) atoms. The minimum atomic E-state index is -0.948. The van der Waals surface area contributed by atoms with Gasteiger partial charge in [-0.25, -0.2) is 4.39 Å². The molecule has 0 bridgehead atoms. The van der Waals surface area contributed by atoms with Crippen LogP contribution in [0.5, 0.6) is 0 Å². The highest BCUT2D eigenvalue weighted by Gasteiger charge is 2.23. The summed E-state index contributed by atoms with van der Waals surface area (Å²) < 4.78 is 24.8. The molecule has 0 saturated heterocycles. The number of allylic oxidation sites excluding steroid dienone is 1. The average molecular weight is 300 g/mol. The van der Waals surface area contributed by atoms with Gasteiger partial charge in [0, 0.05) is 22.0 Å². The van der Waals surface area contributed by atoms with Crippen LogP contribution >= 0.6 is 0 Å². The predicted octanol–water partition coefficient (Wildman–Crippen LogP) is 4.61. The molecule has 2 aromatic carbocycles. The zero-order chi connectivity index (χ0) is 15.0. The van der Waals surface area contributed by atoms with Gasteiger partial charge in [0.25, 0.3) is 0 Å². The summed E-state index contributed by atoms with van der Waals surface area (Å²) in [4.78, 5) is 0.833. The van der Waals surface area contributed by atoms with E-state index in [1.165, 1.54) is 11.6 Å². The van der Waals surface area contributed by atoms with E-state index < -0.39 is 10.8 Å². The number of benzene rings is 2. The summed E-state index contributed by atoms with van der Waals surface area (Å²) >= 11 is 0. The van der Waals surface area contributed by atoms with Gasteiger partial charge in [-0.3, -0.25) is 4.21 Å². The highest BCUT2D eigenvalue weighted by atomic mass is 32.2. The van der Waals surface area contributed by atoms with Gasteiger partial charge >= 0.3 is 0 Å². The Morgan fingerprint density at radius 2 is 1.90 bits per heavy atom. The number of hydrogen-bond donors (Lipinski definition) is 0. The van der Waals surface area contributed by atoms with Crippen LogP contribution in [0.15, 0.2) is 47.4 Å². The topological polar surface area (TPSA) is 17.1 Å². The first kappa shape index (κ1) is 14.2. The van der Waals surface area contributed by atoms with Gasteiger partial charge in [-0.2, -0.15) is 0 Å². The molecule has 0 fully saturated rings. The van der Waals surface area contributed by atoms with E-state index in [0.717, 1.165) is 28.0 Å². The Morgan fingerprint density at radius 1 is 1.19 bits per heavy atom. The van der Waals surface area contributed by atoms with E-state index in [-0.39, 0.29) is 5.82 Å². The standard InChI is InChI=1S/C18H17FOS/c1-12-9-14(17-8-5-15(19)11-18(12)17)10-13-3-6-16(7-4-13)21(2)20/h3-8,10-12H,9H2,1-2H3/b14-10+. The lowest BCUT2D eigenvalue weighted by molar-refractivity contribution is 0.623. The quantitative estimate of drug-likeness (QED) is 0.791. The third kappa shape index (κ3) is 2.84. The zero-order valence-electron chi connectivity index (χ0n) is 12.1. The first-order chi connectivity index (χ1) is 10.0. The van der Waals surface area contributed by atoms with E-state index in [1.807, 2.05) is 30.3 Å². The fourth-order valence-corrected chi connectivity index (χ4v) is 3.40. The minimum Gasteiger partial charge on any atom is -0.255 e. The van der Waals surface area contributed by atoms with Gasteiger partial charge in [0.1, 0.15) is 5.82 Å². The van der Waals surface area contributed by atoms with Crippen LogP contribution in [0.3, 0.4) is 0 Å². The van der Waals surface area contributed by atoms with E-state index in [4.69, 9.17) is 0 Å². The summed E-state index contributed by atoms with van der Waals surface area (Å²) in [6.07, 6.45) is 4.75. The molecule has 1 nitrogen and oxygen atoms in total. The van der Waals surface area contributed by atoms with Crippen molar-refractivity contribution in [2.24, 2.45) is 0 Å². The summed E-state index contributed by atoms with van der Waals surface area (Å²) in [5.41, 5.74) is 4.56. The normalized spacial score (nSPS) is 20.5. The highest BCUT2D eigenvalue weighted by molar-refractivity contribution is 7.84. The van der Waals surface area contributed by atoms with Crippen LogP contribution < -0.4 is 0 Å². The Kier molecular flexibility index (Phi) is 3.77. The van der Waals surface area contributed by atoms with Crippen molar-refractivity contribution in [3.05, 3.63) is 65.0 Å². The molecule has 0 saturated carbocycles. The van der Waals surface area contributed by atoms with Crippen LogP contribution in [0.1, 0.15) is 36.0 Å². The molecule has 2 aromatic rings. The number of hydrogen-bond acceptors (Lipinski definition) is 1. The van der Waals surface area contributed by atoms with Crippen molar-refractivity contribution in [2.45, 2.75) is 24.2 Å². The number of rotatable bonds is 2. The second kappa shape index (κ2) is 5.57. The first-order valence-corrected chi connectivity index (χ1v) is 8.54. The van der Waals surface area contributed by atoms with Gasteiger partial charge in [0.15, 0.2) is 0 Å². The van der Waals surface area contributed by atoms with Gasteiger partial charge in [-0.1, -0.05) is 31.2 Å². The Hall–Kier alpha value is -1.74. The molecule has 1 aliphatic rings. The highest BCUT2D eigenvalue weighted by Crippen LogP contribution is 2.41. The van der Waals surface area contributed by atoms with Gasteiger partial charge < -0.3 is 0 Å². The second-order valence-corrected chi connectivity index (χ2v) is 6.91. The Balaban J connectivity index is 1.97. The minimum absolute atomic E-state index is 0.170. The van der Waals surface area contributed by atoms with Crippen molar-refractivity contribution in [3.8, 4) is 0 Å². The molecule has 0 heterocycles. The third-order valence-electron chi connectivity index (χ3n) is 3.97. The summed E-state index contributed by atoms with van der Waals surface area (Å²) in [6.45, 7) is 2.13. The van der Waals surface area contributed by atoms with E-state index in [0.29, 0.717) is 5.92 Å². The van der Waals surface area contributed by atoms with Crippen LogP contribution in [0.2, 0.25) is 0 Å². The summed E-state index contributed by atoms with van der Waals surface area (Å²) in [6, 6.07) is 12.8. The van der Waals surface area contributed by atoms with Crippen molar-refractivity contribution in [1.82, 2.24) is 0 Å². The summed E-state index contributed by atoms with van der Waals surface area (Å²) in [7, 11) is -0.948. The fraction of sp³-hybridized carbons (Fsp3) is 0.222. The Morgan fingerprint density at radius 3 is 2.57 bits per heavy atom. The molecular weight excluding hydrogens is 283 g/mol. The van der Waals surface area contributed by atoms with Gasteiger partial charge in [-0.05, 0) is 58.9 Å². The monoisotopic (exact) mass is 300 g/mol. The van der Waals surface area contributed by atoms with E-state index >= 15 is 0 Å². The van der Waals surface area contributed by atoms with Crippen LogP contribution in [0, 0.1) is 5.82 Å². The Labute approximate surface area is 127 Å². The number of fused-ring (bicyclic) bond motifs is 1. The molecule has 0 spiro atoms. The maximum atomic E-state index is 13.4. The fourth-order valence-electron chi connectivity index (χ4n) is 2.88. The smallest absolute Gasteiger partial charge is 0.123 e. The molecular formula is C18H17FOS. The van der Waals surface area contributed by atoms with Crippen molar-refractivity contribution in [3.63, 3.8) is 0 Å². The maximum absolute atomic E-state index is 13.4. The molecule has 0 N–H and O–H groups in total. The molecule has 3 rings (SSSR count). The average Bonchev–Trinajstić information content (AvgIpc) is 2.75. The molecule has 0 radical (unpaired) electrons. The molecule has 2 unspecified atom stereocenters. The lowest BCUT2D eigenvalue weighted by Gasteiger charge is -2.03. The van der Waals surface area contributed by atoms with Gasteiger partial charge in [0.05, 0.1) is 0 Å². The van der Waals surface area contributed by atoms with Crippen LogP contribution in [0.25, 0.3) is 11.6 Å². The Bertz CT molecular complexity index is 731. The molecule has 2 atom stereocenters. The lowest BCUT2D eigenvalue weighted by Crippen LogP contribution is -1.87. The van der Waals surface area contributed by atoms with Crippen molar-refractivity contribution >= 4 is 22.4 Å². The van der Waals surface area contributed by atoms with E-state index in [2.05, 4.69) is 13.0 Å². The largest absolute Gasteiger partial charge is 0.255 e. The molecule has 0 aliphatic heterocycles. The third-order valence-corrected chi connectivity index (χ3v) is 4.91. The van der Waals surface area contributed by atoms with Crippen molar-refractivity contribution in [1.29, 1.82) is 0 Å². The van der Waals surface area contributed by atoms with Crippen molar-refractivity contribution < 1.29 is 8.60 Å². The zero-order valence-corrected chi connectivity index (χ0v) is 12.9. The molecule has 0 amide bonds. The maximum Gasteiger partial charge on any atom is 0.123 e. The van der Waals surface area contributed by atoms with E-state index in [1.54, 1.807) is 12.3 Å². The van der Waals surface area contributed by atoms with Gasteiger partial charge in [-0.15, -0.1) is 0 Å². The summed E-state index contributed by atoms with van der Waals surface area (Å²) in [5.74, 6) is 0.181.